The molecule has 22 heavy (non-hydrogen) atoms. The summed E-state index contributed by atoms with van der Waals surface area (Å²) in [5.41, 5.74) is 7.11. The van der Waals surface area contributed by atoms with Crippen LogP contribution in [0.3, 0.4) is 0 Å². The number of carbonyl (C=O) groups excluding carboxylic acids is 2. The van der Waals surface area contributed by atoms with Gasteiger partial charge >= 0.3 is 0 Å². The summed E-state index contributed by atoms with van der Waals surface area (Å²) in [5, 5.41) is 4.66. The highest BCUT2D eigenvalue weighted by molar-refractivity contribution is 7.12. The predicted molar refractivity (Wildman–Crippen MR) is 88.8 cm³/mol. The van der Waals surface area contributed by atoms with Crippen LogP contribution in [0.4, 0.5) is 5.69 Å². The van der Waals surface area contributed by atoms with Crippen LogP contribution < -0.4 is 11.1 Å². The first-order valence-electron chi connectivity index (χ1n) is 6.92. The molecule has 5 nitrogen and oxygen atoms in total. The molecule has 2 aromatic rings. The van der Waals surface area contributed by atoms with Gasteiger partial charge in [0.1, 0.15) is 0 Å². The van der Waals surface area contributed by atoms with Gasteiger partial charge in [0.05, 0.1) is 10.9 Å². The molecule has 2 rings (SSSR count). The van der Waals surface area contributed by atoms with E-state index in [-0.39, 0.29) is 11.8 Å². The molecule has 0 radical (unpaired) electrons. The maximum atomic E-state index is 12.3. The highest BCUT2D eigenvalue weighted by atomic mass is 32.1. The zero-order valence-corrected chi connectivity index (χ0v) is 13.4. The first kappa shape index (κ1) is 16.2. The number of benzene rings is 1. The standard InChI is InChI=1S/C16H19N3O2S/c1-11(17)15(20)18-13-7-4-3-6-12(13)10-19(2)16(21)14-8-5-9-22-14/h3-9,11H,10,17H2,1-2H3,(H,18,20)/t11-/m1/s1. The van der Waals surface area contributed by atoms with E-state index in [9.17, 15) is 9.59 Å². The third-order valence-electron chi connectivity index (χ3n) is 3.17. The zero-order valence-electron chi connectivity index (χ0n) is 12.6. The van der Waals surface area contributed by atoms with E-state index < -0.39 is 6.04 Å². The minimum absolute atomic E-state index is 0.0386. The molecule has 6 heteroatoms. The van der Waals surface area contributed by atoms with Crippen LogP contribution in [0, 0.1) is 0 Å². The predicted octanol–water partition coefficient (Wildman–Crippen LogP) is 2.31. The van der Waals surface area contributed by atoms with E-state index in [2.05, 4.69) is 5.32 Å². The van der Waals surface area contributed by atoms with Crippen LogP contribution in [-0.4, -0.2) is 29.8 Å². The number of nitrogens with one attached hydrogen (secondary N) is 1. The molecule has 0 aliphatic rings. The van der Waals surface area contributed by atoms with Crippen LogP contribution >= 0.6 is 11.3 Å². The minimum atomic E-state index is -0.585. The molecular formula is C16H19N3O2S. The second-order valence-electron chi connectivity index (χ2n) is 5.07. The molecule has 0 aliphatic carbocycles. The van der Waals surface area contributed by atoms with Crippen LogP contribution in [-0.2, 0) is 11.3 Å². The molecule has 0 fully saturated rings. The number of anilines is 1. The van der Waals surface area contributed by atoms with Crippen molar-refractivity contribution in [3.63, 3.8) is 0 Å². The molecule has 0 bridgehead atoms. The van der Waals surface area contributed by atoms with Crippen molar-refractivity contribution in [3.05, 3.63) is 52.2 Å². The average Bonchev–Trinajstić information content (AvgIpc) is 3.02. The summed E-state index contributed by atoms with van der Waals surface area (Å²) in [4.78, 5) is 26.4. The average molecular weight is 317 g/mol. The van der Waals surface area contributed by atoms with Gasteiger partial charge in [-0.2, -0.15) is 0 Å². The third-order valence-corrected chi connectivity index (χ3v) is 4.03. The molecule has 3 N–H and O–H groups in total. The van der Waals surface area contributed by atoms with Gasteiger partial charge in [-0.15, -0.1) is 11.3 Å². The van der Waals surface area contributed by atoms with Crippen molar-refractivity contribution in [2.24, 2.45) is 5.73 Å². The lowest BCUT2D eigenvalue weighted by Crippen LogP contribution is -2.33. The van der Waals surface area contributed by atoms with Crippen LogP contribution in [0.1, 0.15) is 22.2 Å². The monoisotopic (exact) mass is 317 g/mol. The Labute approximate surface area is 133 Å². The fraction of sp³-hybridized carbons (Fsp3) is 0.250. The normalized spacial score (nSPS) is 11.8. The molecule has 116 valence electrons. The van der Waals surface area contributed by atoms with Crippen molar-refractivity contribution in [1.29, 1.82) is 0 Å². The van der Waals surface area contributed by atoms with E-state index >= 15 is 0 Å². The van der Waals surface area contributed by atoms with Gasteiger partial charge in [-0.05, 0) is 30.0 Å². The van der Waals surface area contributed by atoms with E-state index in [1.807, 2.05) is 29.6 Å². The quantitative estimate of drug-likeness (QED) is 0.888. The number of rotatable bonds is 5. The van der Waals surface area contributed by atoms with Crippen LogP contribution in [0.15, 0.2) is 41.8 Å². The van der Waals surface area contributed by atoms with Gasteiger partial charge in [-0.3, -0.25) is 9.59 Å². The Balaban J connectivity index is 2.12. The summed E-state index contributed by atoms with van der Waals surface area (Å²) in [6, 6.07) is 10.5. The summed E-state index contributed by atoms with van der Waals surface area (Å²) in [7, 11) is 1.74. The summed E-state index contributed by atoms with van der Waals surface area (Å²) < 4.78 is 0. The van der Waals surface area contributed by atoms with Crippen molar-refractivity contribution < 1.29 is 9.59 Å². The Bertz CT molecular complexity index is 653. The molecule has 0 spiro atoms. The van der Waals surface area contributed by atoms with Gasteiger partial charge in [-0.25, -0.2) is 0 Å². The fourth-order valence-electron chi connectivity index (χ4n) is 1.94. The Morgan fingerprint density at radius 1 is 1.27 bits per heavy atom. The van der Waals surface area contributed by atoms with Crippen molar-refractivity contribution in [3.8, 4) is 0 Å². The molecule has 0 saturated carbocycles. The van der Waals surface area contributed by atoms with Crippen molar-refractivity contribution in [1.82, 2.24) is 4.90 Å². The van der Waals surface area contributed by atoms with E-state index in [4.69, 9.17) is 5.73 Å². The van der Waals surface area contributed by atoms with Crippen molar-refractivity contribution in [2.75, 3.05) is 12.4 Å². The Morgan fingerprint density at radius 3 is 2.64 bits per heavy atom. The first-order chi connectivity index (χ1) is 10.5. The Hall–Kier alpha value is -2.18. The second-order valence-corrected chi connectivity index (χ2v) is 6.02. The summed E-state index contributed by atoms with van der Waals surface area (Å²) >= 11 is 1.41. The van der Waals surface area contributed by atoms with Gasteiger partial charge < -0.3 is 16.0 Å². The van der Waals surface area contributed by atoms with E-state index in [0.717, 1.165) is 5.56 Å². The summed E-state index contributed by atoms with van der Waals surface area (Å²) in [6.07, 6.45) is 0. The largest absolute Gasteiger partial charge is 0.337 e. The molecule has 0 aliphatic heterocycles. The molecule has 1 atom stereocenters. The van der Waals surface area contributed by atoms with Crippen LogP contribution in [0.5, 0.6) is 0 Å². The van der Waals surface area contributed by atoms with Crippen LogP contribution in [0.25, 0.3) is 0 Å². The number of para-hydroxylation sites is 1. The number of nitrogens with zero attached hydrogens (tertiary/aromatic N) is 1. The molecule has 1 aromatic carbocycles. The maximum absolute atomic E-state index is 12.3. The number of hydrogen-bond donors (Lipinski definition) is 2. The SMILES string of the molecule is C[C@@H](N)C(=O)Nc1ccccc1CN(C)C(=O)c1cccs1. The molecule has 0 unspecified atom stereocenters. The molecule has 1 heterocycles. The highest BCUT2D eigenvalue weighted by Crippen LogP contribution is 2.19. The first-order valence-corrected chi connectivity index (χ1v) is 7.80. The lowest BCUT2D eigenvalue weighted by atomic mass is 10.1. The smallest absolute Gasteiger partial charge is 0.263 e. The van der Waals surface area contributed by atoms with Crippen molar-refractivity contribution in [2.45, 2.75) is 19.5 Å². The van der Waals surface area contributed by atoms with Crippen LogP contribution in [0.2, 0.25) is 0 Å². The molecule has 2 amide bonds. The number of hydrogen-bond acceptors (Lipinski definition) is 4. The Kier molecular flexibility index (Phi) is 5.30. The molecule has 1 aromatic heterocycles. The lowest BCUT2D eigenvalue weighted by Gasteiger charge is -2.19. The second kappa shape index (κ2) is 7.20. The summed E-state index contributed by atoms with van der Waals surface area (Å²) in [5.74, 6) is -0.289. The summed E-state index contributed by atoms with van der Waals surface area (Å²) in [6.45, 7) is 2.04. The third kappa shape index (κ3) is 3.93. The highest BCUT2D eigenvalue weighted by Gasteiger charge is 2.15. The number of amides is 2. The van der Waals surface area contributed by atoms with Gasteiger partial charge in [0.2, 0.25) is 5.91 Å². The van der Waals surface area contributed by atoms with Crippen molar-refractivity contribution >= 4 is 28.8 Å². The maximum Gasteiger partial charge on any atom is 0.263 e. The van der Waals surface area contributed by atoms with E-state index in [1.54, 1.807) is 31.0 Å². The molecule has 0 saturated heterocycles. The molecular weight excluding hydrogens is 298 g/mol. The van der Waals surface area contributed by atoms with Gasteiger partial charge in [0, 0.05) is 19.3 Å². The van der Waals surface area contributed by atoms with E-state index in [0.29, 0.717) is 17.1 Å². The lowest BCUT2D eigenvalue weighted by molar-refractivity contribution is -0.117. The zero-order chi connectivity index (χ0) is 16.1. The van der Waals surface area contributed by atoms with E-state index in [1.165, 1.54) is 11.3 Å². The van der Waals surface area contributed by atoms with Gasteiger partial charge in [0.15, 0.2) is 0 Å². The topological polar surface area (TPSA) is 75.4 Å². The number of carbonyl (C=O) groups is 2. The van der Waals surface area contributed by atoms with Gasteiger partial charge in [-0.1, -0.05) is 24.3 Å². The number of thiophene rings is 1. The number of nitrogens with two attached hydrogens (primary N) is 1. The fourth-order valence-corrected chi connectivity index (χ4v) is 2.66. The minimum Gasteiger partial charge on any atom is -0.337 e. The Morgan fingerprint density at radius 2 is 2.00 bits per heavy atom. The van der Waals surface area contributed by atoms with Gasteiger partial charge in [0.25, 0.3) is 5.91 Å².